The number of aliphatic hydroxyl groups excluding tert-OH is 2. The third-order valence-corrected chi connectivity index (χ3v) is 3.00. The highest BCUT2D eigenvalue weighted by Gasteiger charge is 2.28. The van der Waals surface area contributed by atoms with Crippen molar-refractivity contribution >= 4 is 11.7 Å². The van der Waals surface area contributed by atoms with Gasteiger partial charge in [0.2, 0.25) is 0 Å². The molecule has 1 unspecified atom stereocenters. The smallest absolute Gasteiger partial charge is 0.338 e. The van der Waals surface area contributed by atoms with E-state index in [1.54, 1.807) is 13.8 Å². The third-order valence-electron chi connectivity index (χ3n) is 3.00. The molecule has 0 aliphatic carbocycles. The van der Waals surface area contributed by atoms with Gasteiger partial charge in [0, 0.05) is 17.5 Å². The zero-order chi connectivity index (χ0) is 15.3. The van der Waals surface area contributed by atoms with Crippen LogP contribution in [0.3, 0.4) is 0 Å². The molecule has 1 rings (SSSR count). The molecule has 1 aromatic carbocycles. The Morgan fingerprint density at radius 3 is 2.40 bits per heavy atom. The summed E-state index contributed by atoms with van der Waals surface area (Å²) in [5, 5.41) is 29.3. The molecule has 0 amide bonds. The Balaban J connectivity index is 2.61. The van der Waals surface area contributed by atoms with Crippen molar-refractivity contribution < 1.29 is 24.7 Å². The van der Waals surface area contributed by atoms with Gasteiger partial charge in [-0.05, 0) is 12.1 Å². The van der Waals surface area contributed by atoms with Crippen molar-refractivity contribution in [3.05, 3.63) is 39.9 Å². The number of nitrogens with zero attached hydrogens (tertiary/aromatic N) is 1. The fourth-order valence-corrected chi connectivity index (χ4v) is 1.29. The van der Waals surface area contributed by atoms with E-state index in [2.05, 4.69) is 0 Å². The summed E-state index contributed by atoms with van der Waals surface area (Å²) < 4.78 is 4.91. The zero-order valence-electron chi connectivity index (χ0n) is 11.3. The van der Waals surface area contributed by atoms with Crippen molar-refractivity contribution in [2.24, 2.45) is 5.41 Å². The third kappa shape index (κ3) is 4.01. The second kappa shape index (κ2) is 6.44. The van der Waals surface area contributed by atoms with Gasteiger partial charge in [0.25, 0.3) is 5.69 Å². The first-order chi connectivity index (χ1) is 9.27. The summed E-state index contributed by atoms with van der Waals surface area (Å²) >= 11 is 0. The lowest BCUT2D eigenvalue weighted by atomic mass is 9.88. The number of nitro benzene ring substituents is 1. The summed E-state index contributed by atoms with van der Waals surface area (Å²) in [6.45, 7) is 2.77. The van der Waals surface area contributed by atoms with Crippen molar-refractivity contribution in [2.75, 3.05) is 13.2 Å². The molecule has 2 N–H and O–H groups in total. The topological polar surface area (TPSA) is 110 Å². The fourth-order valence-electron chi connectivity index (χ4n) is 1.29. The van der Waals surface area contributed by atoms with Crippen molar-refractivity contribution in [3.63, 3.8) is 0 Å². The van der Waals surface area contributed by atoms with Gasteiger partial charge in [0.15, 0.2) is 0 Å². The van der Waals surface area contributed by atoms with Gasteiger partial charge in [-0.2, -0.15) is 0 Å². The molecule has 0 bridgehead atoms. The first-order valence-electron chi connectivity index (χ1n) is 5.98. The van der Waals surface area contributed by atoms with Gasteiger partial charge >= 0.3 is 5.97 Å². The molecule has 0 aliphatic rings. The van der Waals surface area contributed by atoms with Crippen molar-refractivity contribution in [2.45, 2.75) is 20.0 Å². The summed E-state index contributed by atoms with van der Waals surface area (Å²) in [6.07, 6.45) is -1.01. The number of rotatable bonds is 6. The zero-order valence-corrected chi connectivity index (χ0v) is 11.3. The van der Waals surface area contributed by atoms with Crippen LogP contribution < -0.4 is 0 Å². The van der Waals surface area contributed by atoms with Crippen LogP contribution in [0, 0.1) is 15.5 Å². The van der Waals surface area contributed by atoms with Crippen LogP contribution in [0.25, 0.3) is 0 Å². The maximum absolute atomic E-state index is 11.7. The fraction of sp³-hybridized carbons (Fsp3) is 0.462. The standard InChI is InChI=1S/C13H17NO6/c1-13(2,8-15)11(16)7-20-12(17)9-3-5-10(6-4-9)14(18)19/h3-6,11,15-16H,7-8H2,1-2H3. The van der Waals surface area contributed by atoms with Gasteiger partial charge in [-0.15, -0.1) is 0 Å². The average molecular weight is 283 g/mol. The van der Waals surface area contributed by atoms with Crippen LogP contribution in [-0.4, -0.2) is 40.4 Å². The maximum Gasteiger partial charge on any atom is 0.338 e. The quantitative estimate of drug-likeness (QED) is 0.460. The van der Waals surface area contributed by atoms with E-state index in [1.807, 2.05) is 0 Å². The molecule has 7 heteroatoms. The number of aliphatic hydroxyl groups is 2. The number of hydrogen-bond acceptors (Lipinski definition) is 6. The van der Waals surface area contributed by atoms with Gasteiger partial charge in [-0.1, -0.05) is 13.8 Å². The number of esters is 1. The Labute approximate surface area is 116 Å². The van der Waals surface area contributed by atoms with Crippen LogP contribution in [0.15, 0.2) is 24.3 Å². The number of nitro groups is 1. The van der Waals surface area contributed by atoms with Crippen LogP contribution >= 0.6 is 0 Å². The number of hydrogen-bond donors (Lipinski definition) is 2. The van der Waals surface area contributed by atoms with Crippen molar-refractivity contribution in [1.82, 2.24) is 0 Å². The van der Waals surface area contributed by atoms with E-state index in [-0.39, 0.29) is 24.5 Å². The minimum Gasteiger partial charge on any atom is -0.459 e. The number of ether oxygens (including phenoxy) is 1. The second-order valence-corrected chi connectivity index (χ2v) is 5.06. The minimum atomic E-state index is -1.01. The van der Waals surface area contributed by atoms with Crippen molar-refractivity contribution in [1.29, 1.82) is 0 Å². The Morgan fingerprint density at radius 2 is 1.95 bits per heavy atom. The van der Waals surface area contributed by atoms with Gasteiger partial charge in [0.05, 0.1) is 23.2 Å². The van der Waals surface area contributed by atoms with E-state index in [4.69, 9.17) is 9.84 Å². The van der Waals surface area contributed by atoms with E-state index < -0.39 is 22.4 Å². The summed E-state index contributed by atoms with van der Waals surface area (Å²) in [5.41, 5.74) is -0.747. The van der Waals surface area contributed by atoms with Gasteiger partial charge in [-0.25, -0.2) is 4.79 Å². The van der Waals surface area contributed by atoms with Gasteiger partial charge in [-0.3, -0.25) is 10.1 Å². The molecule has 1 aromatic rings. The van der Waals surface area contributed by atoms with Crippen molar-refractivity contribution in [3.8, 4) is 0 Å². The molecule has 110 valence electrons. The summed E-state index contributed by atoms with van der Waals surface area (Å²) in [6, 6.07) is 4.96. The SMILES string of the molecule is CC(C)(CO)C(O)COC(=O)c1ccc([N+](=O)[O-])cc1. The minimum absolute atomic E-state index is 0.122. The molecule has 0 saturated carbocycles. The highest BCUT2D eigenvalue weighted by molar-refractivity contribution is 5.89. The average Bonchev–Trinajstić information content (AvgIpc) is 2.44. The lowest BCUT2D eigenvalue weighted by Crippen LogP contribution is -2.37. The predicted octanol–water partition coefficient (Wildman–Crippen LogP) is 1.13. The molecule has 7 nitrogen and oxygen atoms in total. The van der Waals surface area contributed by atoms with Crippen LogP contribution in [0.1, 0.15) is 24.2 Å². The molecule has 0 aliphatic heterocycles. The molecule has 0 aromatic heterocycles. The van der Waals surface area contributed by atoms with E-state index in [0.717, 1.165) is 0 Å². The Bertz CT molecular complexity index is 482. The number of carbonyl (C=O) groups is 1. The first kappa shape index (κ1) is 16.1. The van der Waals surface area contributed by atoms with Crippen LogP contribution in [0.2, 0.25) is 0 Å². The molecule has 1 atom stereocenters. The first-order valence-corrected chi connectivity index (χ1v) is 5.98. The molecule has 0 heterocycles. The molecule has 0 saturated heterocycles. The second-order valence-electron chi connectivity index (χ2n) is 5.06. The molecule has 0 fully saturated rings. The maximum atomic E-state index is 11.7. The molecular weight excluding hydrogens is 266 g/mol. The normalized spacial score (nSPS) is 12.8. The van der Waals surface area contributed by atoms with E-state index in [0.29, 0.717) is 0 Å². The molecule has 0 spiro atoms. The van der Waals surface area contributed by atoms with Gasteiger partial charge < -0.3 is 14.9 Å². The Kier molecular flexibility index (Phi) is 5.18. The molecule has 0 radical (unpaired) electrons. The lowest BCUT2D eigenvalue weighted by molar-refractivity contribution is -0.384. The monoisotopic (exact) mass is 283 g/mol. The summed E-state index contributed by atoms with van der Waals surface area (Å²) in [4.78, 5) is 21.6. The molecule has 20 heavy (non-hydrogen) atoms. The highest BCUT2D eigenvalue weighted by atomic mass is 16.6. The van der Waals surface area contributed by atoms with Crippen LogP contribution in [-0.2, 0) is 4.74 Å². The highest BCUT2D eigenvalue weighted by Crippen LogP contribution is 2.20. The van der Waals surface area contributed by atoms with E-state index in [1.165, 1.54) is 24.3 Å². The summed E-state index contributed by atoms with van der Waals surface area (Å²) in [5.74, 6) is -0.687. The number of non-ortho nitro benzene ring substituents is 1. The Morgan fingerprint density at radius 1 is 1.40 bits per heavy atom. The number of benzene rings is 1. The predicted molar refractivity (Wildman–Crippen MR) is 70.3 cm³/mol. The van der Waals surface area contributed by atoms with Gasteiger partial charge in [0.1, 0.15) is 6.61 Å². The Hall–Kier alpha value is -1.99. The molecular formula is C13H17NO6. The summed E-state index contributed by atoms with van der Waals surface area (Å²) in [7, 11) is 0. The lowest BCUT2D eigenvalue weighted by Gasteiger charge is -2.27. The largest absolute Gasteiger partial charge is 0.459 e. The van der Waals surface area contributed by atoms with Crippen LogP contribution in [0.4, 0.5) is 5.69 Å². The number of carbonyl (C=O) groups excluding carboxylic acids is 1. The van der Waals surface area contributed by atoms with E-state index in [9.17, 15) is 20.0 Å². The van der Waals surface area contributed by atoms with Crippen LogP contribution in [0.5, 0.6) is 0 Å². The van der Waals surface area contributed by atoms with E-state index >= 15 is 0 Å².